The zero-order valence-electron chi connectivity index (χ0n) is 11.3. The first kappa shape index (κ1) is 12.8. The molecule has 2 atom stereocenters. The Morgan fingerprint density at radius 2 is 2.28 bits per heavy atom. The average molecular weight is 244 g/mol. The lowest BCUT2D eigenvalue weighted by atomic mass is 9.94. The van der Waals surface area contributed by atoms with Crippen LogP contribution in [-0.2, 0) is 0 Å². The van der Waals surface area contributed by atoms with Crippen LogP contribution in [0.3, 0.4) is 0 Å². The second-order valence-corrected chi connectivity index (χ2v) is 5.27. The van der Waals surface area contributed by atoms with E-state index in [1.807, 2.05) is 19.1 Å². The number of pyridine rings is 1. The summed E-state index contributed by atoms with van der Waals surface area (Å²) < 4.78 is 0. The molecular formula is C14H20N4. The van der Waals surface area contributed by atoms with Gasteiger partial charge in [-0.15, -0.1) is 0 Å². The maximum atomic E-state index is 8.97. The highest BCUT2D eigenvalue weighted by molar-refractivity contribution is 5.45. The summed E-state index contributed by atoms with van der Waals surface area (Å²) in [5.74, 6) is 1.42. The van der Waals surface area contributed by atoms with Gasteiger partial charge < -0.3 is 10.2 Å². The molecule has 18 heavy (non-hydrogen) atoms. The number of nitriles is 1. The smallest absolute Gasteiger partial charge is 0.127 e. The fraction of sp³-hybridized carbons (Fsp3) is 0.571. The molecular weight excluding hydrogens is 224 g/mol. The van der Waals surface area contributed by atoms with E-state index in [1.165, 1.54) is 0 Å². The molecule has 0 spiro atoms. The lowest BCUT2D eigenvalue weighted by Gasteiger charge is -2.35. The van der Waals surface area contributed by atoms with Gasteiger partial charge >= 0.3 is 0 Å². The van der Waals surface area contributed by atoms with E-state index in [4.69, 9.17) is 5.26 Å². The van der Waals surface area contributed by atoms with Crippen LogP contribution in [0.4, 0.5) is 5.82 Å². The van der Waals surface area contributed by atoms with E-state index >= 15 is 0 Å². The molecule has 96 valence electrons. The van der Waals surface area contributed by atoms with Crippen LogP contribution in [0.1, 0.15) is 24.6 Å². The van der Waals surface area contributed by atoms with Crippen molar-refractivity contribution in [2.24, 2.45) is 5.92 Å². The van der Waals surface area contributed by atoms with Crippen LogP contribution in [0.25, 0.3) is 0 Å². The molecule has 1 aliphatic rings. The third-order valence-electron chi connectivity index (χ3n) is 3.52. The number of hydrogen-bond donors (Lipinski definition) is 1. The van der Waals surface area contributed by atoms with Crippen molar-refractivity contribution < 1.29 is 0 Å². The Morgan fingerprint density at radius 1 is 1.50 bits per heavy atom. The quantitative estimate of drug-likeness (QED) is 0.864. The van der Waals surface area contributed by atoms with E-state index in [0.29, 0.717) is 17.5 Å². The van der Waals surface area contributed by atoms with Crippen molar-refractivity contribution in [1.29, 1.82) is 5.26 Å². The van der Waals surface area contributed by atoms with Crippen LogP contribution in [-0.4, -0.2) is 36.1 Å². The molecule has 1 fully saturated rings. The van der Waals surface area contributed by atoms with Crippen molar-refractivity contribution in [2.45, 2.75) is 26.3 Å². The van der Waals surface area contributed by atoms with Crippen molar-refractivity contribution in [3.8, 4) is 6.07 Å². The third-order valence-corrected chi connectivity index (χ3v) is 3.52. The molecule has 2 heterocycles. The Hall–Kier alpha value is -1.60. The van der Waals surface area contributed by atoms with Gasteiger partial charge in [-0.2, -0.15) is 5.26 Å². The Kier molecular flexibility index (Phi) is 3.83. The Labute approximate surface area is 109 Å². The summed E-state index contributed by atoms with van der Waals surface area (Å²) in [6.07, 6.45) is 1.12. The van der Waals surface area contributed by atoms with Crippen LogP contribution < -0.4 is 5.32 Å². The SMILES string of the molecule is Cc1cc(C#N)cc(NC2CCN(C)CC2C)n1. The highest BCUT2D eigenvalue weighted by atomic mass is 15.1. The van der Waals surface area contributed by atoms with E-state index in [9.17, 15) is 0 Å². The normalized spacial score (nSPS) is 24.6. The second-order valence-electron chi connectivity index (χ2n) is 5.27. The van der Waals surface area contributed by atoms with Gasteiger partial charge in [-0.25, -0.2) is 4.98 Å². The van der Waals surface area contributed by atoms with Gasteiger partial charge in [0.2, 0.25) is 0 Å². The molecule has 2 unspecified atom stereocenters. The average Bonchev–Trinajstić information content (AvgIpc) is 2.32. The third kappa shape index (κ3) is 2.99. The van der Waals surface area contributed by atoms with Crippen LogP contribution in [0.2, 0.25) is 0 Å². The number of hydrogen-bond acceptors (Lipinski definition) is 4. The summed E-state index contributed by atoms with van der Waals surface area (Å²) in [5, 5.41) is 12.4. The molecule has 0 saturated carbocycles. The Bertz CT molecular complexity index is 463. The molecule has 1 saturated heterocycles. The molecule has 1 N–H and O–H groups in total. The highest BCUT2D eigenvalue weighted by Crippen LogP contribution is 2.20. The minimum Gasteiger partial charge on any atom is -0.367 e. The zero-order chi connectivity index (χ0) is 13.1. The highest BCUT2D eigenvalue weighted by Gasteiger charge is 2.24. The van der Waals surface area contributed by atoms with Gasteiger partial charge in [0.1, 0.15) is 5.82 Å². The van der Waals surface area contributed by atoms with E-state index in [-0.39, 0.29) is 0 Å². The number of aryl methyl sites for hydroxylation is 1. The summed E-state index contributed by atoms with van der Waals surface area (Å²) in [5.41, 5.74) is 1.56. The molecule has 4 heteroatoms. The minimum absolute atomic E-state index is 0.446. The van der Waals surface area contributed by atoms with Crippen LogP contribution in [0.15, 0.2) is 12.1 Å². The van der Waals surface area contributed by atoms with Crippen molar-refractivity contribution in [3.63, 3.8) is 0 Å². The molecule has 2 rings (SSSR count). The van der Waals surface area contributed by atoms with Crippen molar-refractivity contribution in [2.75, 3.05) is 25.5 Å². The molecule has 0 amide bonds. The van der Waals surface area contributed by atoms with E-state index in [1.54, 1.807) is 0 Å². The van der Waals surface area contributed by atoms with Crippen LogP contribution in [0.5, 0.6) is 0 Å². The van der Waals surface area contributed by atoms with Crippen LogP contribution >= 0.6 is 0 Å². The first-order valence-corrected chi connectivity index (χ1v) is 6.42. The van der Waals surface area contributed by atoms with Crippen molar-refractivity contribution in [3.05, 3.63) is 23.4 Å². The summed E-state index contributed by atoms with van der Waals surface area (Å²) >= 11 is 0. The first-order chi connectivity index (χ1) is 8.58. The Balaban J connectivity index is 2.10. The molecule has 0 aliphatic carbocycles. The molecule has 0 radical (unpaired) electrons. The predicted octanol–water partition coefficient (Wildman–Crippen LogP) is 2.01. The van der Waals surface area contributed by atoms with Gasteiger partial charge in [0.15, 0.2) is 0 Å². The summed E-state index contributed by atoms with van der Waals surface area (Å²) in [6.45, 7) is 6.39. The number of anilines is 1. The fourth-order valence-electron chi connectivity index (χ4n) is 2.57. The maximum Gasteiger partial charge on any atom is 0.127 e. The molecule has 1 aromatic heterocycles. The first-order valence-electron chi connectivity index (χ1n) is 6.42. The molecule has 0 bridgehead atoms. The summed E-state index contributed by atoms with van der Waals surface area (Å²) in [6, 6.07) is 6.26. The fourth-order valence-corrected chi connectivity index (χ4v) is 2.57. The van der Waals surface area contributed by atoms with Gasteiger partial charge in [0.05, 0.1) is 11.6 Å². The number of nitrogens with one attached hydrogen (secondary N) is 1. The largest absolute Gasteiger partial charge is 0.367 e. The van der Waals surface area contributed by atoms with Crippen LogP contribution in [0, 0.1) is 24.2 Å². The topological polar surface area (TPSA) is 52.0 Å². The molecule has 1 aliphatic heterocycles. The standard InChI is InChI=1S/C14H20N4/c1-10-9-18(3)5-4-13(10)17-14-7-12(8-15)6-11(2)16-14/h6-7,10,13H,4-5,9H2,1-3H3,(H,16,17). The van der Waals surface area contributed by atoms with Gasteiger partial charge in [-0.05, 0) is 45.0 Å². The zero-order valence-corrected chi connectivity index (χ0v) is 11.3. The monoisotopic (exact) mass is 244 g/mol. The number of nitrogens with zero attached hydrogens (tertiary/aromatic N) is 3. The number of likely N-dealkylation sites (tertiary alicyclic amines) is 1. The number of aromatic nitrogens is 1. The predicted molar refractivity (Wildman–Crippen MR) is 72.4 cm³/mol. The van der Waals surface area contributed by atoms with E-state index in [0.717, 1.165) is 31.0 Å². The van der Waals surface area contributed by atoms with Gasteiger partial charge in [0.25, 0.3) is 0 Å². The summed E-state index contributed by atoms with van der Waals surface area (Å²) in [7, 11) is 2.16. The Morgan fingerprint density at radius 3 is 2.94 bits per heavy atom. The second kappa shape index (κ2) is 5.36. The van der Waals surface area contributed by atoms with Crippen molar-refractivity contribution >= 4 is 5.82 Å². The lowest BCUT2D eigenvalue weighted by Crippen LogP contribution is -2.43. The van der Waals surface area contributed by atoms with Gasteiger partial charge in [0, 0.05) is 18.3 Å². The van der Waals surface area contributed by atoms with Gasteiger partial charge in [-0.1, -0.05) is 6.92 Å². The molecule has 1 aromatic rings. The van der Waals surface area contributed by atoms with Gasteiger partial charge in [-0.3, -0.25) is 0 Å². The van der Waals surface area contributed by atoms with E-state index < -0.39 is 0 Å². The molecule has 4 nitrogen and oxygen atoms in total. The molecule has 0 aromatic carbocycles. The number of piperidine rings is 1. The number of rotatable bonds is 2. The van der Waals surface area contributed by atoms with E-state index in [2.05, 4.69) is 35.2 Å². The summed E-state index contributed by atoms with van der Waals surface area (Å²) in [4.78, 5) is 6.81. The lowest BCUT2D eigenvalue weighted by molar-refractivity contribution is 0.206. The maximum absolute atomic E-state index is 8.97. The van der Waals surface area contributed by atoms with Crippen molar-refractivity contribution in [1.82, 2.24) is 9.88 Å². The minimum atomic E-state index is 0.446.